The van der Waals surface area contributed by atoms with Crippen LogP contribution in [0.2, 0.25) is 17.1 Å². The van der Waals surface area contributed by atoms with Crippen molar-refractivity contribution in [1.82, 2.24) is 0 Å². The summed E-state index contributed by atoms with van der Waals surface area (Å²) < 4.78 is 0. The molecule has 1 fully saturated rings. The highest BCUT2D eigenvalue weighted by Crippen LogP contribution is 2.51. The van der Waals surface area contributed by atoms with Gasteiger partial charge in [0.2, 0.25) is 0 Å². The zero-order chi connectivity index (χ0) is 10.3. The van der Waals surface area contributed by atoms with E-state index < -0.39 is 8.80 Å². The lowest BCUT2D eigenvalue weighted by Gasteiger charge is -2.30. The van der Waals surface area contributed by atoms with E-state index in [0.29, 0.717) is 5.04 Å². The second-order valence-corrected chi connectivity index (χ2v) is 8.89. The summed E-state index contributed by atoms with van der Waals surface area (Å²) in [5.41, 5.74) is 4.57. The summed E-state index contributed by atoms with van der Waals surface area (Å²) >= 11 is 0. The van der Waals surface area contributed by atoms with Gasteiger partial charge in [0.15, 0.2) is 0 Å². The van der Waals surface area contributed by atoms with Gasteiger partial charge in [0.05, 0.1) is 8.80 Å². The first-order valence-corrected chi connectivity index (χ1v) is 8.07. The smallest absolute Gasteiger partial charge is 0.0536 e. The molecule has 0 nitrogen and oxygen atoms in total. The molecule has 1 aliphatic heterocycles. The maximum atomic E-state index is 3.78. The van der Waals surface area contributed by atoms with Gasteiger partial charge in [0.1, 0.15) is 0 Å². The molecule has 1 unspecified atom stereocenters. The van der Waals surface area contributed by atoms with Crippen molar-refractivity contribution in [3.63, 3.8) is 0 Å². The fraction of sp³-hybridized carbons (Fsp3) is 0.692. The molecular weight excluding hydrogens is 184 g/mol. The van der Waals surface area contributed by atoms with E-state index in [2.05, 4.69) is 33.8 Å². The molecular formula is C13H21Si. The van der Waals surface area contributed by atoms with Crippen LogP contribution in [0, 0.1) is 6.08 Å². The fourth-order valence-electron chi connectivity index (χ4n) is 3.16. The van der Waals surface area contributed by atoms with Crippen molar-refractivity contribution >= 4 is 8.80 Å². The van der Waals surface area contributed by atoms with Crippen molar-refractivity contribution in [2.24, 2.45) is 0 Å². The van der Waals surface area contributed by atoms with Crippen molar-refractivity contribution in [1.29, 1.82) is 0 Å². The molecule has 0 aromatic carbocycles. The van der Waals surface area contributed by atoms with E-state index in [1.54, 1.807) is 17.7 Å². The zero-order valence-electron chi connectivity index (χ0n) is 9.91. The Labute approximate surface area is 89.7 Å². The molecule has 77 valence electrons. The van der Waals surface area contributed by atoms with Crippen LogP contribution in [-0.2, 0) is 0 Å². The maximum Gasteiger partial charge on any atom is 0.0536 e. The Morgan fingerprint density at radius 2 is 1.71 bits per heavy atom. The second kappa shape index (κ2) is 3.37. The molecule has 0 bridgehead atoms. The largest absolute Gasteiger partial charge is 0.0629 e. The summed E-state index contributed by atoms with van der Waals surface area (Å²) in [6, 6.07) is 3.09. The number of hydrogen-bond acceptors (Lipinski definition) is 0. The molecule has 0 spiro atoms. The van der Waals surface area contributed by atoms with Crippen LogP contribution in [0.5, 0.6) is 0 Å². The summed E-state index contributed by atoms with van der Waals surface area (Å²) in [6.07, 6.45) is 6.75. The lowest BCUT2D eigenvalue weighted by molar-refractivity contribution is 0.841. The van der Waals surface area contributed by atoms with Gasteiger partial charge < -0.3 is 0 Å². The van der Waals surface area contributed by atoms with Gasteiger partial charge in [0.25, 0.3) is 0 Å². The highest BCUT2D eigenvalue weighted by molar-refractivity contribution is 6.64. The van der Waals surface area contributed by atoms with Crippen LogP contribution < -0.4 is 0 Å². The predicted molar refractivity (Wildman–Crippen MR) is 65.2 cm³/mol. The lowest BCUT2D eigenvalue weighted by Crippen LogP contribution is -2.25. The number of rotatable bonds is 1. The molecule has 14 heavy (non-hydrogen) atoms. The molecule has 0 N–H and O–H groups in total. The molecule has 2 aliphatic rings. The third-order valence-corrected chi connectivity index (χ3v) is 8.94. The van der Waals surface area contributed by atoms with Gasteiger partial charge in [-0.25, -0.2) is 0 Å². The minimum Gasteiger partial charge on any atom is -0.0629 e. The van der Waals surface area contributed by atoms with Crippen molar-refractivity contribution in [2.75, 3.05) is 0 Å². The Hall–Kier alpha value is -0.303. The van der Waals surface area contributed by atoms with Crippen molar-refractivity contribution in [3.8, 4) is 0 Å². The van der Waals surface area contributed by atoms with Crippen LogP contribution in [-0.4, -0.2) is 8.80 Å². The van der Waals surface area contributed by atoms with Gasteiger partial charge in [-0.3, -0.25) is 0 Å². The van der Waals surface area contributed by atoms with Crippen LogP contribution in [0.1, 0.15) is 40.5 Å². The summed E-state index contributed by atoms with van der Waals surface area (Å²) in [4.78, 5) is 0. The van der Waals surface area contributed by atoms with Gasteiger partial charge in [-0.05, 0) is 38.0 Å². The standard InChI is InChI=1S/C13H21Si/c1-10-9-13(4,12(3)11(10)2)14-7-5-6-8-14/h14H,5-8H2,1-4H3. The van der Waals surface area contributed by atoms with Crippen molar-refractivity contribution in [3.05, 3.63) is 22.8 Å². The average Bonchev–Trinajstić information content (AvgIpc) is 2.73. The summed E-state index contributed by atoms with van der Waals surface area (Å²) in [7, 11) is -0.573. The van der Waals surface area contributed by atoms with Gasteiger partial charge in [-0.15, -0.1) is 0 Å². The first-order valence-electron chi connectivity index (χ1n) is 5.86. The van der Waals surface area contributed by atoms with Gasteiger partial charge in [-0.1, -0.05) is 37.4 Å². The number of hydrogen-bond donors (Lipinski definition) is 0. The van der Waals surface area contributed by atoms with Crippen LogP contribution in [0.25, 0.3) is 0 Å². The molecule has 1 heterocycles. The molecule has 1 aliphatic carbocycles. The zero-order valence-corrected chi connectivity index (χ0v) is 11.1. The predicted octanol–water partition coefficient (Wildman–Crippen LogP) is 3.87. The third-order valence-electron chi connectivity index (χ3n) is 4.52. The normalized spacial score (nSPS) is 34.1. The molecule has 1 atom stereocenters. The Bertz CT molecular complexity index is 305. The Kier molecular flexibility index (Phi) is 2.46. The molecule has 2 rings (SSSR count). The second-order valence-electron chi connectivity index (χ2n) is 5.18. The third kappa shape index (κ3) is 1.33. The Balaban J connectivity index is 2.33. The van der Waals surface area contributed by atoms with Crippen LogP contribution in [0.15, 0.2) is 16.7 Å². The van der Waals surface area contributed by atoms with E-state index in [4.69, 9.17) is 0 Å². The first kappa shape index (κ1) is 10.2. The van der Waals surface area contributed by atoms with Crippen LogP contribution in [0.3, 0.4) is 0 Å². The van der Waals surface area contributed by atoms with E-state index in [1.165, 1.54) is 24.0 Å². The summed E-state index contributed by atoms with van der Waals surface area (Å²) in [5, 5.41) is 0.407. The van der Waals surface area contributed by atoms with Gasteiger partial charge in [-0.2, -0.15) is 0 Å². The van der Waals surface area contributed by atoms with Crippen LogP contribution in [0.4, 0.5) is 0 Å². The van der Waals surface area contributed by atoms with Crippen LogP contribution >= 0.6 is 0 Å². The molecule has 1 heteroatoms. The average molecular weight is 205 g/mol. The minimum absolute atomic E-state index is 0.407. The lowest BCUT2D eigenvalue weighted by atomic mass is 10.0. The van der Waals surface area contributed by atoms with E-state index in [1.807, 2.05) is 0 Å². The fourth-order valence-corrected chi connectivity index (χ4v) is 7.42. The quantitative estimate of drug-likeness (QED) is 0.570. The molecule has 0 amide bonds. The Morgan fingerprint density at radius 1 is 1.14 bits per heavy atom. The molecule has 0 saturated carbocycles. The SMILES string of the molecule is CC1=[C]C(C)([SiH]2CCCC2)C(C)=C1C. The van der Waals surface area contributed by atoms with Gasteiger partial charge >= 0.3 is 0 Å². The Morgan fingerprint density at radius 3 is 2.14 bits per heavy atom. The number of allylic oxidation sites excluding steroid dienone is 4. The van der Waals surface area contributed by atoms with E-state index in [0.717, 1.165) is 0 Å². The van der Waals surface area contributed by atoms with Crippen molar-refractivity contribution in [2.45, 2.75) is 57.7 Å². The van der Waals surface area contributed by atoms with E-state index in [9.17, 15) is 0 Å². The molecule has 1 saturated heterocycles. The summed E-state index contributed by atoms with van der Waals surface area (Å²) in [6.45, 7) is 9.29. The van der Waals surface area contributed by atoms with E-state index in [-0.39, 0.29) is 0 Å². The van der Waals surface area contributed by atoms with E-state index >= 15 is 0 Å². The maximum absolute atomic E-state index is 3.78. The highest BCUT2D eigenvalue weighted by atomic mass is 28.3. The summed E-state index contributed by atoms with van der Waals surface area (Å²) in [5.74, 6) is 0. The monoisotopic (exact) mass is 205 g/mol. The topological polar surface area (TPSA) is 0 Å². The molecule has 0 aromatic rings. The minimum atomic E-state index is -0.573. The van der Waals surface area contributed by atoms with Gasteiger partial charge in [0, 0.05) is 5.04 Å². The van der Waals surface area contributed by atoms with Crippen molar-refractivity contribution < 1.29 is 0 Å². The molecule has 0 aromatic heterocycles. The molecule has 1 radical (unpaired) electrons. The first-order chi connectivity index (χ1) is 6.55. The highest BCUT2D eigenvalue weighted by Gasteiger charge is 2.40.